The standard InChI is InChI=1S/C16H12Cl3N3O6/c1-27-13-10(19)6-11(22(25)26)14(28-2)12(13)15(23)21-16(24)20-7-3-4-8(17)9(18)5-7/h3-6H,1-2H3,(H2,20,21,23,24). The molecular formula is C16H12Cl3N3O6. The van der Waals surface area contributed by atoms with Crippen LogP contribution in [0.4, 0.5) is 16.2 Å². The molecule has 0 saturated carbocycles. The SMILES string of the molecule is COc1c(Cl)cc([N+](=O)[O-])c(OC)c1C(=O)NC(=O)Nc1ccc(Cl)c(Cl)c1. The molecule has 9 nitrogen and oxygen atoms in total. The summed E-state index contributed by atoms with van der Waals surface area (Å²) < 4.78 is 10.0. The number of amides is 3. The zero-order valence-corrected chi connectivity index (χ0v) is 16.6. The highest BCUT2D eigenvalue weighted by Crippen LogP contribution is 2.42. The lowest BCUT2D eigenvalue weighted by molar-refractivity contribution is -0.385. The Labute approximate surface area is 173 Å². The summed E-state index contributed by atoms with van der Waals surface area (Å²) in [7, 11) is 2.33. The number of imide groups is 1. The summed E-state index contributed by atoms with van der Waals surface area (Å²) in [5.41, 5.74) is -0.715. The average molecular weight is 449 g/mol. The van der Waals surface area contributed by atoms with Crippen molar-refractivity contribution in [2.45, 2.75) is 0 Å². The van der Waals surface area contributed by atoms with Crippen LogP contribution in [-0.4, -0.2) is 31.1 Å². The quantitative estimate of drug-likeness (QED) is 0.512. The Morgan fingerprint density at radius 3 is 2.18 bits per heavy atom. The molecule has 0 aliphatic heterocycles. The summed E-state index contributed by atoms with van der Waals surface area (Å²) in [5.74, 6) is -1.63. The second-order valence-corrected chi connectivity index (χ2v) is 6.33. The van der Waals surface area contributed by atoms with E-state index in [4.69, 9.17) is 44.3 Å². The Bertz CT molecular complexity index is 967. The predicted molar refractivity (Wildman–Crippen MR) is 104 cm³/mol. The van der Waals surface area contributed by atoms with E-state index in [9.17, 15) is 19.7 Å². The lowest BCUT2D eigenvalue weighted by atomic mass is 10.1. The van der Waals surface area contributed by atoms with E-state index in [-0.39, 0.29) is 26.5 Å². The summed E-state index contributed by atoms with van der Waals surface area (Å²) in [6.45, 7) is 0. The number of carbonyl (C=O) groups is 2. The third kappa shape index (κ3) is 4.56. The molecule has 0 heterocycles. The number of anilines is 1. The number of rotatable bonds is 5. The Morgan fingerprint density at radius 1 is 1.00 bits per heavy atom. The Morgan fingerprint density at radius 2 is 1.64 bits per heavy atom. The molecule has 2 N–H and O–H groups in total. The van der Waals surface area contributed by atoms with E-state index in [1.54, 1.807) is 0 Å². The molecule has 0 aliphatic carbocycles. The van der Waals surface area contributed by atoms with Crippen molar-refractivity contribution in [1.82, 2.24) is 5.32 Å². The Balaban J connectivity index is 2.35. The van der Waals surface area contributed by atoms with Crippen LogP contribution in [0, 0.1) is 10.1 Å². The van der Waals surface area contributed by atoms with Crippen molar-refractivity contribution < 1.29 is 24.0 Å². The van der Waals surface area contributed by atoms with E-state index in [0.29, 0.717) is 0 Å². The molecule has 2 rings (SSSR count). The van der Waals surface area contributed by atoms with E-state index < -0.39 is 33.9 Å². The van der Waals surface area contributed by atoms with E-state index in [1.807, 2.05) is 5.32 Å². The molecule has 0 unspecified atom stereocenters. The molecule has 0 radical (unpaired) electrons. The van der Waals surface area contributed by atoms with Gasteiger partial charge in [0.1, 0.15) is 5.56 Å². The second kappa shape index (κ2) is 8.96. The normalized spacial score (nSPS) is 10.2. The van der Waals surface area contributed by atoms with E-state index >= 15 is 0 Å². The number of hydrogen-bond acceptors (Lipinski definition) is 6. The van der Waals surface area contributed by atoms with Crippen molar-refractivity contribution in [3.8, 4) is 11.5 Å². The fraction of sp³-hybridized carbons (Fsp3) is 0.125. The van der Waals surface area contributed by atoms with Crippen molar-refractivity contribution in [2.24, 2.45) is 0 Å². The van der Waals surface area contributed by atoms with Crippen molar-refractivity contribution in [1.29, 1.82) is 0 Å². The highest BCUT2D eigenvalue weighted by molar-refractivity contribution is 6.42. The fourth-order valence-electron chi connectivity index (χ4n) is 2.25. The van der Waals surface area contributed by atoms with Gasteiger partial charge in [-0.05, 0) is 18.2 Å². The summed E-state index contributed by atoms with van der Waals surface area (Å²) in [6.07, 6.45) is 0. The van der Waals surface area contributed by atoms with Crippen LogP contribution in [0.25, 0.3) is 0 Å². The topological polar surface area (TPSA) is 120 Å². The van der Waals surface area contributed by atoms with Gasteiger partial charge in [-0.25, -0.2) is 4.79 Å². The molecule has 0 saturated heterocycles. The van der Waals surface area contributed by atoms with Gasteiger partial charge in [0.15, 0.2) is 5.75 Å². The number of nitro groups is 1. The molecule has 2 aromatic carbocycles. The van der Waals surface area contributed by atoms with Crippen molar-refractivity contribution >= 4 is 58.1 Å². The monoisotopic (exact) mass is 447 g/mol. The molecule has 148 valence electrons. The summed E-state index contributed by atoms with van der Waals surface area (Å²) >= 11 is 17.6. The van der Waals surface area contributed by atoms with Crippen molar-refractivity contribution in [3.63, 3.8) is 0 Å². The largest absolute Gasteiger partial charge is 0.494 e. The number of hydrogen-bond donors (Lipinski definition) is 2. The zero-order valence-electron chi connectivity index (χ0n) is 14.3. The molecule has 0 fully saturated rings. The summed E-state index contributed by atoms with van der Waals surface area (Å²) in [4.78, 5) is 35.2. The van der Waals surface area contributed by atoms with Gasteiger partial charge in [0.05, 0.1) is 34.2 Å². The fourth-order valence-corrected chi connectivity index (χ4v) is 2.82. The van der Waals surface area contributed by atoms with Crippen LogP contribution < -0.4 is 20.1 Å². The first-order chi connectivity index (χ1) is 13.2. The molecule has 2 aromatic rings. The van der Waals surface area contributed by atoms with E-state index in [2.05, 4.69) is 5.32 Å². The first-order valence-electron chi connectivity index (χ1n) is 7.35. The third-order valence-corrected chi connectivity index (χ3v) is 4.42. The van der Waals surface area contributed by atoms with Gasteiger partial charge in [0.2, 0.25) is 5.75 Å². The minimum Gasteiger partial charge on any atom is -0.494 e. The second-order valence-electron chi connectivity index (χ2n) is 5.11. The highest BCUT2D eigenvalue weighted by atomic mass is 35.5. The number of urea groups is 1. The van der Waals surface area contributed by atoms with Crippen molar-refractivity contribution in [3.05, 3.63) is 55.0 Å². The number of ether oxygens (including phenoxy) is 2. The number of halogens is 3. The van der Waals surface area contributed by atoms with Gasteiger partial charge in [0, 0.05) is 11.8 Å². The van der Waals surface area contributed by atoms with Crippen LogP contribution in [0.3, 0.4) is 0 Å². The van der Waals surface area contributed by atoms with Crippen LogP contribution in [0.15, 0.2) is 24.3 Å². The van der Waals surface area contributed by atoms with E-state index in [1.165, 1.54) is 25.3 Å². The smallest absolute Gasteiger partial charge is 0.326 e. The van der Waals surface area contributed by atoms with Gasteiger partial charge >= 0.3 is 11.7 Å². The molecular weight excluding hydrogens is 437 g/mol. The van der Waals surface area contributed by atoms with Crippen LogP contribution >= 0.6 is 34.8 Å². The number of benzene rings is 2. The molecule has 0 aliphatic rings. The third-order valence-electron chi connectivity index (χ3n) is 3.40. The van der Waals surface area contributed by atoms with Crippen LogP contribution in [-0.2, 0) is 0 Å². The van der Waals surface area contributed by atoms with Gasteiger partial charge in [-0.1, -0.05) is 34.8 Å². The Kier molecular flexibility index (Phi) is 6.90. The number of methoxy groups -OCH3 is 2. The minimum atomic E-state index is -1.03. The molecule has 3 amide bonds. The van der Waals surface area contributed by atoms with Gasteiger partial charge in [0.25, 0.3) is 5.91 Å². The predicted octanol–water partition coefficient (Wildman–Crippen LogP) is 4.53. The summed E-state index contributed by atoms with van der Waals surface area (Å²) in [6, 6.07) is 4.33. The maximum atomic E-state index is 12.6. The number of nitrogens with zero attached hydrogens (tertiary/aromatic N) is 1. The number of nitro benzene ring substituents is 1. The summed E-state index contributed by atoms with van der Waals surface area (Å²) in [5, 5.41) is 15.9. The molecule has 0 bridgehead atoms. The van der Waals surface area contributed by atoms with Crippen LogP contribution in [0.1, 0.15) is 10.4 Å². The van der Waals surface area contributed by atoms with Gasteiger partial charge in [-0.2, -0.15) is 0 Å². The van der Waals surface area contributed by atoms with Gasteiger partial charge in [-0.15, -0.1) is 0 Å². The zero-order chi connectivity index (χ0) is 21.0. The molecule has 0 atom stereocenters. The molecule has 12 heteroatoms. The first kappa shape index (κ1) is 21.5. The van der Waals surface area contributed by atoms with Gasteiger partial charge < -0.3 is 14.8 Å². The first-order valence-corrected chi connectivity index (χ1v) is 8.49. The molecule has 0 aromatic heterocycles. The highest BCUT2D eigenvalue weighted by Gasteiger charge is 2.31. The van der Waals surface area contributed by atoms with Gasteiger partial charge in [-0.3, -0.25) is 20.2 Å². The molecule has 28 heavy (non-hydrogen) atoms. The lowest BCUT2D eigenvalue weighted by Crippen LogP contribution is -2.35. The molecule has 0 spiro atoms. The minimum absolute atomic E-state index is 0.191. The number of nitrogens with one attached hydrogen (secondary N) is 2. The van der Waals surface area contributed by atoms with Crippen LogP contribution in [0.2, 0.25) is 15.1 Å². The maximum absolute atomic E-state index is 12.6. The average Bonchev–Trinajstić information content (AvgIpc) is 2.63. The van der Waals surface area contributed by atoms with E-state index in [0.717, 1.165) is 13.2 Å². The van der Waals surface area contributed by atoms with Crippen molar-refractivity contribution in [2.75, 3.05) is 19.5 Å². The maximum Gasteiger partial charge on any atom is 0.326 e. The lowest BCUT2D eigenvalue weighted by Gasteiger charge is -2.14. The Hall–Kier alpha value is -2.75. The number of carbonyl (C=O) groups excluding carboxylic acids is 2. The van der Waals surface area contributed by atoms with Crippen LogP contribution in [0.5, 0.6) is 11.5 Å².